The monoisotopic (exact) mass is 304 g/mol. The fourth-order valence-corrected chi connectivity index (χ4v) is 3.71. The molecule has 2 aliphatic heterocycles. The Labute approximate surface area is 120 Å². The third kappa shape index (κ3) is 3.51. The number of amides is 1. The van der Waals surface area contributed by atoms with Gasteiger partial charge in [0.2, 0.25) is 15.9 Å². The number of carbonyl (C=O) groups excluding carboxylic acids is 1. The van der Waals surface area contributed by atoms with E-state index in [1.807, 2.05) is 0 Å². The molecule has 0 aromatic rings. The molecule has 0 aromatic carbocycles. The first kappa shape index (κ1) is 15.7. The maximum atomic E-state index is 12.1. The number of hydrogen-bond donors (Lipinski definition) is 1. The van der Waals surface area contributed by atoms with Gasteiger partial charge in [0.1, 0.15) is 0 Å². The van der Waals surface area contributed by atoms with Crippen LogP contribution < -0.4 is 5.32 Å². The second-order valence-electron chi connectivity index (χ2n) is 6.10. The van der Waals surface area contributed by atoms with Crippen molar-refractivity contribution < 1.29 is 17.9 Å². The Hall–Kier alpha value is -0.660. The smallest absolute Gasteiger partial charge is 0.223 e. The topological polar surface area (TPSA) is 75.7 Å². The summed E-state index contributed by atoms with van der Waals surface area (Å²) in [4.78, 5) is 12.1. The molecule has 0 saturated carbocycles. The number of nitrogens with zero attached hydrogens (tertiary/aromatic N) is 1. The molecule has 0 aromatic heterocycles. The minimum Gasteiger partial charge on any atom is -0.380 e. The van der Waals surface area contributed by atoms with Crippen LogP contribution in [0.15, 0.2) is 0 Å². The van der Waals surface area contributed by atoms with Crippen LogP contribution in [0.3, 0.4) is 0 Å². The highest BCUT2D eigenvalue weighted by Gasteiger charge is 2.35. The van der Waals surface area contributed by atoms with E-state index in [-0.39, 0.29) is 23.0 Å². The molecule has 116 valence electrons. The van der Waals surface area contributed by atoms with E-state index < -0.39 is 10.0 Å². The van der Waals surface area contributed by atoms with Gasteiger partial charge in [-0.3, -0.25) is 4.79 Å². The lowest BCUT2D eigenvalue weighted by atomic mass is 9.88. The van der Waals surface area contributed by atoms with E-state index in [4.69, 9.17) is 4.74 Å². The maximum absolute atomic E-state index is 12.1. The zero-order chi connectivity index (χ0) is 14.8. The summed E-state index contributed by atoms with van der Waals surface area (Å²) in [7, 11) is -3.12. The molecule has 1 amide bonds. The first-order valence-electron chi connectivity index (χ1n) is 7.20. The number of sulfonamides is 1. The van der Waals surface area contributed by atoms with Gasteiger partial charge in [-0.15, -0.1) is 0 Å². The summed E-state index contributed by atoms with van der Waals surface area (Å²) in [6.45, 7) is 6.67. The van der Waals surface area contributed by atoms with Gasteiger partial charge in [-0.2, -0.15) is 0 Å². The molecule has 2 rings (SSSR count). The van der Waals surface area contributed by atoms with Crippen LogP contribution in [0.5, 0.6) is 0 Å². The van der Waals surface area contributed by atoms with Gasteiger partial charge in [0.05, 0.1) is 19.0 Å². The Kier molecular flexibility index (Phi) is 4.71. The molecule has 2 aliphatic rings. The lowest BCUT2D eigenvalue weighted by molar-refractivity contribution is -0.131. The van der Waals surface area contributed by atoms with Gasteiger partial charge in [0, 0.05) is 31.0 Å². The molecule has 0 radical (unpaired) electrons. The number of ether oxygens (including phenoxy) is 1. The largest absolute Gasteiger partial charge is 0.380 e. The van der Waals surface area contributed by atoms with Crippen molar-refractivity contribution in [2.45, 2.75) is 26.7 Å². The predicted octanol–water partition coefficient (Wildman–Crippen LogP) is 0.201. The molecule has 2 saturated heterocycles. The maximum Gasteiger partial charge on any atom is 0.223 e. The average molecular weight is 304 g/mol. The highest BCUT2D eigenvalue weighted by Crippen LogP contribution is 2.26. The Morgan fingerprint density at radius 1 is 1.35 bits per heavy atom. The van der Waals surface area contributed by atoms with Gasteiger partial charge in [0.15, 0.2) is 0 Å². The molecule has 6 nitrogen and oxygen atoms in total. The van der Waals surface area contributed by atoms with Crippen LogP contribution in [-0.4, -0.2) is 57.2 Å². The van der Waals surface area contributed by atoms with Crippen LogP contribution in [0.1, 0.15) is 26.7 Å². The summed E-state index contributed by atoms with van der Waals surface area (Å²) in [5.41, 5.74) is 0.0713. The molecule has 0 aliphatic carbocycles. The standard InChI is InChI=1S/C13H24N2O4S/c1-3-20(17,18)15-6-4-11(5-7-15)12(16)14-8-13(2)9-19-10-13/h11H,3-10H2,1-2H3,(H,14,16). The molecule has 20 heavy (non-hydrogen) atoms. The zero-order valence-electron chi connectivity index (χ0n) is 12.2. The number of carbonyl (C=O) groups is 1. The van der Waals surface area contributed by atoms with Crippen molar-refractivity contribution in [2.24, 2.45) is 11.3 Å². The van der Waals surface area contributed by atoms with Crippen LogP contribution in [0, 0.1) is 11.3 Å². The van der Waals surface area contributed by atoms with Crippen molar-refractivity contribution in [1.29, 1.82) is 0 Å². The van der Waals surface area contributed by atoms with Crippen molar-refractivity contribution in [3.05, 3.63) is 0 Å². The molecule has 0 unspecified atom stereocenters. The quantitative estimate of drug-likeness (QED) is 0.787. The second-order valence-corrected chi connectivity index (χ2v) is 8.35. The van der Waals surface area contributed by atoms with Crippen LogP contribution >= 0.6 is 0 Å². The van der Waals surface area contributed by atoms with Crippen molar-refractivity contribution >= 4 is 15.9 Å². The number of rotatable bonds is 5. The number of nitrogens with one attached hydrogen (secondary N) is 1. The van der Waals surface area contributed by atoms with Gasteiger partial charge in [-0.1, -0.05) is 6.92 Å². The summed E-state index contributed by atoms with van der Waals surface area (Å²) in [6.07, 6.45) is 1.22. The van der Waals surface area contributed by atoms with Gasteiger partial charge in [0.25, 0.3) is 0 Å². The molecule has 7 heteroatoms. The first-order chi connectivity index (χ1) is 9.36. The third-order valence-electron chi connectivity index (χ3n) is 4.17. The van der Waals surface area contributed by atoms with E-state index in [0.29, 0.717) is 45.7 Å². The molecular weight excluding hydrogens is 280 g/mol. The SMILES string of the molecule is CCS(=O)(=O)N1CCC(C(=O)NCC2(C)COC2)CC1. The van der Waals surface area contributed by atoms with Crippen LogP contribution in [0.2, 0.25) is 0 Å². The Bertz CT molecular complexity index is 451. The van der Waals surface area contributed by atoms with E-state index >= 15 is 0 Å². The van der Waals surface area contributed by atoms with Crippen molar-refractivity contribution in [3.63, 3.8) is 0 Å². The first-order valence-corrected chi connectivity index (χ1v) is 8.80. The van der Waals surface area contributed by atoms with Gasteiger partial charge in [-0.25, -0.2) is 12.7 Å². The predicted molar refractivity (Wildman–Crippen MR) is 75.7 cm³/mol. The summed E-state index contributed by atoms with van der Waals surface area (Å²) in [5.74, 6) is 0.108. The Balaban J connectivity index is 1.77. The normalized spacial score (nSPS) is 24.1. The molecule has 2 fully saturated rings. The van der Waals surface area contributed by atoms with Crippen molar-refractivity contribution in [3.8, 4) is 0 Å². The summed E-state index contributed by atoms with van der Waals surface area (Å²) < 4.78 is 30.1. The fraction of sp³-hybridized carbons (Fsp3) is 0.923. The molecule has 0 bridgehead atoms. The number of hydrogen-bond acceptors (Lipinski definition) is 4. The van der Waals surface area contributed by atoms with E-state index in [2.05, 4.69) is 12.2 Å². The highest BCUT2D eigenvalue weighted by atomic mass is 32.2. The molecule has 0 spiro atoms. The summed E-state index contributed by atoms with van der Waals surface area (Å²) >= 11 is 0. The van der Waals surface area contributed by atoms with Gasteiger partial charge in [-0.05, 0) is 19.8 Å². The minimum atomic E-state index is -3.12. The lowest BCUT2D eigenvalue weighted by Gasteiger charge is -2.38. The number of piperidine rings is 1. The second kappa shape index (κ2) is 5.99. The molecular formula is C13H24N2O4S. The van der Waals surface area contributed by atoms with Crippen LogP contribution in [0.4, 0.5) is 0 Å². The highest BCUT2D eigenvalue weighted by molar-refractivity contribution is 7.89. The van der Waals surface area contributed by atoms with E-state index in [0.717, 1.165) is 0 Å². The Morgan fingerprint density at radius 3 is 2.40 bits per heavy atom. The van der Waals surface area contributed by atoms with Gasteiger partial charge >= 0.3 is 0 Å². The van der Waals surface area contributed by atoms with E-state index in [1.54, 1.807) is 6.92 Å². The Morgan fingerprint density at radius 2 is 1.95 bits per heavy atom. The van der Waals surface area contributed by atoms with Crippen LogP contribution in [-0.2, 0) is 19.6 Å². The zero-order valence-corrected chi connectivity index (χ0v) is 13.0. The minimum absolute atomic E-state index is 0.0478. The molecule has 2 heterocycles. The third-order valence-corrected chi connectivity index (χ3v) is 6.05. The van der Waals surface area contributed by atoms with Crippen LogP contribution in [0.25, 0.3) is 0 Å². The summed E-state index contributed by atoms with van der Waals surface area (Å²) in [6, 6.07) is 0. The fourth-order valence-electron chi connectivity index (χ4n) is 2.58. The van der Waals surface area contributed by atoms with Crippen molar-refractivity contribution in [1.82, 2.24) is 9.62 Å². The van der Waals surface area contributed by atoms with E-state index in [1.165, 1.54) is 4.31 Å². The summed E-state index contributed by atoms with van der Waals surface area (Å²) in [5, 5.41) is 2.98. The van der Waals surface area contributed by atoms with Gasteiger partial charge < -0.3 is 10.1 Å². The van der Waals surface area contributed by atoms with Crippen molar-refractivity contribution in [2.75, 3.05) is 38.6 Å². The average Bonchev–Trinajstić information content (AvgIpc) is 2.42. The lowest BCUT2D eigenvalue weighted by Crippen LogP contribution is -2.50. The molecule has 0 atom stereocenters. The van der Waals surface area contributed by atoms with E-state index in [9.17, 15) is 13.2 Å². The molecule has 1 N–H and O–H groups in total.